The second kappa shape index (κ2) is 6.36. The number of hydrogen-bond donors (Lipinski definition) is 1. The van der Waals surface area contributed by atoms with Crippen LogP contribution in [0.2, 0.25) is 0 Å². The highest BCUT2D eigenvalue weighted by atomic mass is 32.2. The Morgan fingerprint density at radius 3 is 2.78 bits per heavy atom. The fourth-order valence-electron chi connectivity index (χ4n) is 2.66. The third kappa shape index (κ3) is 3.26. The van der Waals surface area contributed by atoms with Crippen LogP contribution in [0, 0.1) is 0 Å². The van der Waals surface area contributed by atoms with Crippen molar-refractivity contribution < 1.29 is 22.4 Å². The van der Waals surface area contributed by atoms with Crippen LogP contribution < -0.4 is 10.1 Å². The molecule has 0 saturated heterocycles. The van der Waals surface area contributed by atoms with Crippen molar-refractivity contribution in [1.82, 2.24) is 4.98 Å². The molecule has 0 unspecified atom stereocenters. The highest BCUT2D eigenvalue weighted by molar-refractivity contribution is 7.90. The van der Waals surface area contributed by atoms with Crippen molar-refractivity contribution in [2.45, 2.75) is 4.90 Å². The number of amides is 1. The number of methoxy groups -OCH3 is 1. The van der Waals surface area contributed by atoms with Crippen LogP contribution in [0.4, 0.5) is 5.13 Å². The Balaban J connectivity index is 1.64. The molecule has 27 heavy (non-hydrogen) atoms. The lowest BCUT2D eigenvalue weighted by Crippen LogP contribution is -2.10. The van der Waals surface area contributed by atoms with Gasteiger partial charge in [0.1, 0.15) is 0 Å². The molecule has 7 nitrogen and oxygen atoms in total. The van der Waals surface area contributed by atoms with Crippen molar-refractivity contribution in [3.63, 3.8) is 0 Å². The molecule has 1 N–H and O–H groups in total. The monoisotopic (exact) mass is 402 g/mol. The second-order valence-electron chi connectivity index (χ2n) is 5.86. The van der Waals surface area contributed by atoms with Gasteiger partial charge >= 0.3 is 0 Å². The first-order chi connectivity index (χ1) is 12.8. The summed E-state index contributed by atoms with van der Waals surface area (Å²) in [6, 6.07) is 11.7. The van der Waals surface area contributed by atoms with E-state index in [4.69, 9.17) is 9.15 Å². The molecule has 2 heterocycles. The van der Waals surface area contributed by atoms with E-state index in [2.05, 4.69) is 10.3 Å². The number of furan rings is 1. The Morgan fingerprint density at radius 1 is 1.22 bits per heavy atom. The van der Waals surface area contributed by atoms with Crippen LogP contribution in [0.1, 0.15) is 10.6 Å². The van der Waals surface area contributed by atoms with E-state index in [1.807, 2.05) is 12.1 Å². The summed E-state index contributed by atoms with van der Waals surface area (Å²) in [5.74, 6) is 0.223. The number of sulfone groups is 1. The van der Waals surface area contributed by atoms with Gasteiger partial charge in [-0.3, -0.25) is 10.1 Å². The van der Waals surface area contributed by atoms with Gasteiger partial charge < -0.3 is 9.15 Å². The maximum Gasteiger partial charge on any atom is 0.293 e. The minimum absolute atomic E-state index is 0.130. The molecule has 0 aliphatic heterocycles. The van der Waals surface area contributed by atoms with Crippen LogP contribution in [-0.4, -0.2) is 32.7 Å². The molecule has 2 aromatic heterocycles. The Kier molecular flexibility index (Phi) is 4.12. The van der Waals surface area contributed by atoms with E-state index in [1.54, 1.807) is 24.3 Å². The van der Waals surface area contributed by atoms with Gasteiger partial charge in [0.2, 0.25) is 0 Å². The SMILES string of the molecule is COc1cccc2cc(C(=O)Nc3nc4ccc(S(C)(=O)=O)cc4s3)oc12. The number of carbonyl (C=O) groups excluding carboxylic acids is 1. The Bertz CT molecular complexity index is 1290. The fourth-order valence-corrected chi connectivity index (χ4v) is 4.28. The van der Waals surface area contributed by atoms with Gasteiger partial charge in [0.05, 0.1) is 22.2 Å². The number of fused-ring (bicyclic) bond motifs is 2. The van der Waals surface area contributed by atoms with Crippen LogP contribution in [-0.2, 0) is 9.84 Å². The molecule has 9 heteroatoms. The minimum atomic E-state index is -3.31. The first-order valence-corrected chi connectivity index (χ1v) is 10.5. The first kappa shape index (κ1) is 17.5. The lowest BCUT2D eigenvalue weighted by molar-refractivity contribution is 0.0998. The van der Waals surface area contributed by atoms with E-state index >= 15 is 0 Å². The number of nitrogens with one attached hydrogen (secondary N) is 1. The molecular formula is C18H14N2O5S2. The number of ether oxygens (including phenoxy) is 1. The third-order valence-corrected chi connectivity index (χ3v) is 6.00. The van der Waals surface area contributed by atoms with Crippen molar-refractivity contribution in [1.29, 1.82) is 0 Å². The van der Waals surface area contributed by atoms with Crippen molar-refractivity contribution in [2.24, 2.45) is 0 Å². The van der Waals surface area contributed by atoms with Gasteiger partial charge in [-0.1, -0.05) is 23.5 Å². The Labute approximate surface area is 158 Å². The molecule has 0 saturated carbocycles. The topological polar surface area (TPSA) is 98.5 Å². The fraction of sp³-hybridized carbons (Fsp3) is 0.111. The zero-order valence-electron chi connectivity index (χ0n) is 14.3. The number of para-hydroxylation sites is 1. The van der Waals surface area contributed by atoms with E-state index in [-0.39, 0.29) is 10.7 Å². The van der Waals surface area contributed by atoms with Crippen LogP contribution >= 0.6 is 11.3 Å². The van der Waals surface area contributed by atoms with Gasteiger partial charge in [0.15, 0.2) is 32.1 Å². The molecule has 0 aliphatic carbocycles. The molecule has 0 atom stereocenters. The van der Waals surface area contributed by atoms with Gasteiger partial charge in [-0.05, 0) is 30.3 Å². The number of hydrogen-bond acceptors (Lipinski definition) is 7. The lowest BCUT2D eigenvalue weighted by atomic mass is 10.2. The van der Waals surface area contributed by atoms with Crippen LogP contribution in [0.25, 0.3) is 21.2 Å². The zero-order valence-corrected chi connectivity index (χ0v) is 16.0. The molecule has 1 amide bonds. The molecule has 0 fully saturated rings. The Hall–Kier alpha value is -2.91. The number of aromatic nitrogens is 1. The van der Waals surface area contributed by atoms with Gasteiger partial charge in [-0.15, -0.1) is 0 Å². The summed E-state index contributed by atoms with van der Waals surface area (Å²) in [5, 5.41) is 3.79. The number of rotatable bonds is 4. The van der Waals surface area contributed by atoms with Crippen LogP contribution in [0.15, 0.2) is 51.8 Å². The third-order valence-electron chi connectivity index (χ3n) is 3.96. The molecule has 4 aromatic rings. The van der Waals surface area contributed by atoms with E-state index < -0.39 is 15.7 Å². The summed E-state index contributed by atoms with van der Waals surface area (Å²) < 4.78 is 34.9. The number of benzene rings is 2. The largest absolute Gasteiger partial charge is 0.493 e. The van der Waals surface area contributed by atoms with E-state index in [9.17, 15) is 13.2 Å². The van der Waals surface area contributed by atoms with Crippen molar-refractivity contribution in [3.8, 4) is 5.75 Å². The summed E-state index contributed by atoms with van der Waals surface area (Å²) in [5.41, 5.74) is 1.10. The number of nitrogens with zero attached hydrogens (tertiary/aromatic N) is 1. The first-order valence-electron chi connectivity index (χ1n) is 7.84. The molecule has 2 aromatic carbocycles. The highest BCUT2D eigenvalue weighted by Crippen LogP contribution is 2.31. The molecule has 0 radical (unpaired) electrons. The van der Waals surface area contributed by atoms with Crippen molar-refractivity contribution in [2.75, 3.05) is 18.7 Å². The minimum Gasteiger partial charge on any atom is -0.493 e. The van der Waals surface area contributed by atoms with Gasteiger partial charge in [-0.25, -0.2) is 13.4 Å². The molecule has 4 rings (SSSR count). The maximum absolute atomic E-state index is 12.5. The van der Waals surface area contributed by atoms with Gasteiger partial charge in [0.25, 0.3) is 5.91 Å². The van der Waals surface area contributed by atoms with Crippen LogP contribution in [0.3, 0.4) is 0 Å². The standard InChI is InChI=1S/C18H14N2O5S2/c1-24-13-5-3-4-10-8-14(25-16(10)13)17(21)20-18-19-12-7-6-11(27(2,22)23)9-15(12)26-18/h3-9H,1-2H3,(H,19,20,21). The molecule has 0 aliphatic rings. The molecule has 0 spiro atoms. The van der Waals surface area contributed by atoms with Gasteiger partial charge in [-0.2, -0.15) is 0 Å². The summed E-state index contributed by atoms with van der Waals surface area (Å²) >= 11 is 1.19. The maximum atomic E-state index is 12.5. The summed E-state index contributed by atoms with van der Waals surface area (Å²) in [4.78, 5) is 17.0. The average molecular weight is 402 g/mol. The van der Waals surface area contributed by atoms with Crippen molar-refractivity contribution >= 4 is 53.4 Å². The normalized spacial score (nSPS) is 11.8. The predicted molar refractivity (Wildman–Crippen MR) is 103 cm³/mol. The van der Waals surface area contributed by atoms with Gasteiger partial charge in [0, 0.05) is 11.6 Å². The van der Waals surface area contributed by atoms with Crippen molar-refractivity contribution in [3.05, 3.63) is 48.2 Å². The number of carbonyl (C=O) groups is 1. The smallest absolute Gasteiger partial charge is 0.293 e. The highest BCUT2D eigenvalue weighted by Gasteiger charge is 2.17. The molecule has 138 valence electrons. The van der Waals surface area contributed by atoms with Crippen LogP contribution in [0.5, 0.6) is 5.75 Å². The Morgan fingerprint density at radius 2 is 2.04 bits per heavy atom. The summed E-state index contributed by atoms with van der Waals surface area (Å²) in [6.07, 6.45) is 1.15. The van der Waals surface area contributed by atoms with E-state index in [0.29, 0.717) is 26.7 Å². The van der Waals surface area contributed by atoms with E-state index in [1.165, 1.54) is 24.5 Å². The quantitative estimate of drug-likeness (QED) is 0.559. The summed E-state index contributed by atoms with van der Waals surface area (Å²) in [7, 11) is -1.78. The number of anilines is 1. The average Bonchev–Trinajstić information content (AvgIpc) is 3.23. The predicted octanol–water partition coefficient (Wildman–Crippen LogP) is 3.71. The molecular weight excluding hydrogens is 388 g/mol. The summed E-state index contributed by atoms with van der Waals surface area (Å²) in [6.45, 7) is 0. The zero-order chi connectivity index (χ0) is 19.2. The van der Waals surface area contributed by atoms with E-state index in [0.717, 1.165) is 11.6 Å². The molecule has 0 bridgehead atoms. The lowest BCUT2D eigenvalue weighted by Gasteiger charge is -1.99. The number of thiazole rings is 1. The second-order valence-corrected chi connectivity index (χ2v) is 8.91.